The maximum atomic E-state index is 13.0. The van der Waals surface area contributed by atoms with Crippen LogP contribution in [0.2, 0.25) is 0 Å². The average molecular weight is 305 g/mol. The molecule has 0 aliphatic heterocycles. The van der Waals surface area contributed by atoms with Crippen molar-refractivity contribution in [3.8, 4) is 0 Å². The van der Waals surface area contributed by atoms with E-state index in [9.17, 15) is 14.0 Å². The number of benzene rings is 1. The zero-order valence-corrected chi connectivity index (χ0v) is 12.2. The van der Waals surface area contributed by atoms with Crippen LogP contribution in [0.25, 0.3) is 0 Å². The first kappa shape index (κ1) is 15.7. The topological polar surface area (TPSA) is 73.2 Å². The fraction of sp³-hybridized carbons (Fsp3) is 0.267. The van der Waals surface area contributed by atoms with Crippen LogP contribution >= 0.6 is 0 Å². The first-order valence-corrected chi connectivity index (χ1v) is 6.73. The Balaban J connectivity index is 1.90. The predicted molar refractivity (Wildman–Crippen MR) is 77.9 cm³/mol. The summed E-state index contributed by atoms with van der Waals surface area (Å²) in [6.45, 7) is 3.39. The Labute approximate surface area is 126 Å². The molecule has 1 heterocycles. The average Bonchev–Trinajstić information content (AvgIpc) is 2.93. The van der Waals surface area contributed by atoms with Crippen LogP contribution in [0.5, 0.6) is 0 Å². The third-order valence-corrected chi connectivity index (χ3v) is 2.82. The first-order valence-electron chi connectivity index (χ1n) is 6.73. The highest BCUT2D eigenvalue weighted by atomic mass is 19.1. The van der Waals surface area contributed by atoms with E-state index in [1.807, 2.05) is 13.8 Å². The molecular weight excluding hydrogens is 289 g/mol. The third kappa shape index (κ3) is 3.91. The van der Waals surface area contributed by atoms with Crippen LogP contribution in [0.4, 0.5) is 10.2 Å². The maximum Gasteiger partial charge on any atom is 0.338 e. The minimum atomic E-state index is -0.757. The van der Waals surface area contributed by atoms with E-state index in [2.05, 4.69) is 10.4 Å². The van der Waals surface area contributed by atoms with Crippen molar-refractivity contribution in [1.29, 1.82) is 0 Å². The fourth-order valence-electron chi connectivity index (χ4n) is 1.83. The van der Waals surface area contributed by atoms with E-state index in [0.29, 0.717) is 5.82 Å². The first-order chi connectivity index (χ1) is 10.5. The molecule has 0 fully saturated rings. The van der Waals surface area contributed by atoms with Crippen LogP contribution < -0.4 is 5.32 Å². The smallest absolute Gasteiger partial charge is 0.338 e. The number of rotatable bonds is 5. The van der Waals surface area contributed by atoms with Gasteiger partial charge in [0, 0.05) is 12.1 Å². The summed E-state index contributed by atoms with van der Waals surface area (Å²) in [5.41, 5.74) is 0.0556. The molecule has 22 heavy (non-hydrogen) atoms. The summed E-state index contributed by atoms with van der Waals surface area (Å²) in [7, 11) is 0. The molecule has 1 N–H and O–H groups in total. The SMILES string of the molecule is CC(C)n1nccc1NC(=O)COC(=O)c1cccc(F)c1. The molecule has 2 rings (SSSR count). The van der Waals surface area contributed by atoms with E-state index < -0.39 is 24.3 Å². The standard InChI is InChI=1S/C15H16FN3O3/c1-10(2)19-13(6-7-17-19)18-14(20)9-22-15(21)11-4-3-5-12(16)8-11/h3-8,10H,9H2,1-2H3,(H,18,20). The lowest BCUT2D eigenvalue weighted by Gasteiger charge is -2.11. The van der Waals surface area contributed by atoms with Crippen molar-refractivity contribution >= 4 is 17.7 Å². The van der Waals surface area contributed by atoms with Gasteiger partial charge in [-0.15, -0.1) is 0 Å². The number of halogens is 1. The molecule has 0 unspecified atom stereocenters. The molecule has 0 radical (unpaired) electrons. The zero-order valence-electron chi connectivity index (χ0n) is 12.2. The van der Waals surface area contributed by atoms with Gasteiger partial charge < -0.3 is 10.1 Å². The number of carbonyl (C=O) groups is 2. The molecule has 0 atom stereocenters. The number of carbonyl (C=O) groups excluding carboxylic acids is 2. The number of anilines is 1. The van der Waals surface area contributed by atoms with E-state index in [-0.39, 0.29) is 11.6 Å². The molecule has 7 heteroatoms. The second-order valence-electron chi connectivity index (χ2n) is 4.89. The predicted octanol–water partition coefficient (Wildman–Crippen LogP) is 2.40. The molecule has 0 aliphatic rings. The summed E-state index contributed by atoms with van der Waals surface area (Å²) in [4.78, 5) is 23.5. The highest BCUT2D eigenvalue weighted by Gasteiger charge is 2.13. The van der Waals surface area contributed by atoms with Gasteiger partial charge >= 0.3 is 5.97 Å². The lowest BCUT2D eigenvalue weighted by atomic mass is 10.2. The Morgan fingerprint density at radius 1 is 1.36 bits per heavy atom. The van der Waals surface area contributed by atoms with Crippen molar-refractivity contribution < 1.29 is 18.7 Å². The lowest BCUT2D eigenvalue weighted by molar-refractivity contribution is -0.119. The zero-order chi connectivity index (χ0) is 16.1. The van der Waals surface area contributed by atoms with Gasteiger partial charge in [0.2, 0.25) is 0 Å². The van der Waals surface area contributed by atoms with Crippen LogP contribution in [0.15, 0.2) is 36.5 Å². The van der Waals surface area contributed by atoms with E-state index in [0.717, 1.165) is 6.07 Å². The number of nitrogens with zero attached hydrogens (tertiary/aromatic N) is 2. The van der Waals surface area contributed by atoms with Crippen LogP contribution in [-0.4, -0.2) is 28.3 Å². The van der Waals surface area contributed by atoms with Gasteiger partial charge in [-0.1, -0.05) is 6.07 Å². The minimum absolute atomic E-state index is 0.0556. The molecule has 1 aromatic heterocycles. The molecule has 2 aromatic rings. The number of hydrogen-bond acceptors (Lipinski definition) is 4. The third-order valence-electron chi connectivity index (χ3n) is 2.82. The van der Waals surface area contributed by atoms with Crippen LogP contribution in [0.1, 0.15) is 30.2 Å². The van der Waals surface area contributed by atoms with Gasteiger partial charge in [-0.2, -0.15) is 5.10 Å². The summed E-state index contributed by atoms with van der Waals surface area (Å²) >= 11 is 0. The second kappa shape index (κ2) is 6.84. The highest BCUT2D eigenvalue weighted by molar-refractivity contribution is 5.95. The van der Waals surface area contributed by atoms with Crippen molar-refractivity contribution in [2.45, 2.75) is 19.9 Å². The van der Waals surface area contributed by atoms with Crippen LogP contribution in [0.3, 0.4) is 0 Å². The van der Waals surface area contributed by atoms with Gasteiger partial charge in [-0.3, -0.25) is 4.79 Å². The van der Waals surface area contributed by atoms with Gasteiger partial charge in [0.1, 0.15) is 11.6 Å². The highest BCUT2D eigenvalue weighted by Crippen LogP contribution is 2.13. The second-order valence-corrected chi connectivity index (χ2v) is 4.89. The van der Waals surface area contributed by atoms with Crippen molar-refractivity contribution in [3.05, 3.63) is 47.9 Å². The van der Waals surface area contributed by atoms with Crippen molar-refractivity contribution in [2.24, 2.45) is 0 Å². The monoisotopic (exact) mass is 305 g/mol. The molecule has 6 nitrogen and oxygen atoms in total. The van der Waals surface area contributed by atoms with Crippen molar-refractivity contribution in [2.75, 3.05) is 11.9 Å². The van der Waals surface area contributed by atoms with E-state index in [1.54, 1.807) is 16.9 Å². The number of ether oxygens (including phenoxy) is 1. The van der Waals surface area contributed by atoms with Gasteiger partial charge in [-0.05, 0) is 32.0 Å². The number of aromatic nitrogens is 2. The Bertz CT molecular complexity index is 682. The summed E-state index contributed by atoms with van der Waals surface area (Å²) in [5.74, 6) is -1.28. The summed E-state index contributed by atoms with van der Waals surface area (Å²) in [6.07, 6.45) is 1.56. The van der Waals surface area contributed by atoms with Gasteiger partial charge in [0.25, 0.3) is 5.91 Å². The van der Waals surface area contributed by atoms with Crippen molar-refractivity contribution in [3.63, 3.8) is 0 Å². The normalized spacial score (nSPS) is 10.5. The number of nitrogens with one attached hydrogen (secondary N) is 1. The van der Waals surface area contributed by atoms with Gasteiger partial charge in [0.15, 0.2) is 6.61 Å². The minimum Gasteiger partial charge on any atom is -0.452 e. The summed E-state index contributed by atoms with van der Waals surface area (Å²) in [6, 6.07) is 6.81. The van der Waals surface area contributed by atoms with E-state index in [1.165, 1.54) is 18.2 Å². The van der Waals surface area contributed by atoms with Crippen LogP contribution in [0, 0.1) is 5.82 Å². The molecule has 0 bridgehead atoms. The quantitative estimate of drug-likeness (QED) is 0.861. The molecule has 1 aromatic carbocycles. The van der Waals surface area contributed by atoms with E-state index >= 15 is 0 Å². The largest absolute Gasteiger partial charge is 0.452 e. The molecule has 0 saturated heterocycles. The Hall–Kier alpha value is -2.70. The fourth-order valence-corrected chi connectivity index (χ4v) is 1.83. The summed E-state index contributed by atoms with van der Waals surface area (Å²) < 4.78 is 19.5. The van der Waals surface area contributed by atoms with E-state index in [4.69, 9.17) is 4.74 Å². The van der Waals surface area contributed by atoms with Crippen LogP contribution in [-0.2, 0) is 9.53 Å². The Morgan fingerprint density at radius 2 is 2.14 bits per heavy atom. The molecule has 0 spiro atoms. The molecule has 1 amide bonds. The Morgan fingerprint density at radius 3 is 2.82 bits per heavy atom. The summed E-state index contributed by atoms with van der Waals surface area (Å²) in [5, 5.41) is 6.67. The van der Waals surface area contributed by atoms with Gasteiger partial charge in [0.05, 0.1) is 11.8 Å². The molecular formula is C15H16FN3O3. The van der Waals surface area contributed by atoms with Crippen molar-refractivity contribution in [1.82, 2.24) is 9.78 Å². The molecule has 0 saturated carbocycles. The lowest BCUT2D eigenvalue weighted by Crippen LogP contribution is -2.23. The Kier molecular flexibility index (Phi) is 4.88. The number of esters is 1. The maximum absolute atomic E-state index is 13.0. The number of hydrogen-bond donors (Lipinski definition) is 1. The molecule has 0 aliphatic carbocycles. The van der Waals surface area contributed by atoms with Gasteiger partial charge in [-0.25, -0.2) is 13.9 Å². The number of amides is 1. The molecule has 116 valence electrons.